The molecule has 1 aliphatic rings. The molecular formula is C21H20ClN3O3S. The van der Waals surface area contributed by atoms with Gasteiger partial charge in [0.05, 0.1) is 16.3 Å². The molecule has 0 bridgehead atoms. The summed E-state index contributed by atoms with van der Waals surface area (Å²) in [6.45, 7) is 1.55. The fourth-order valence-corrected chi connectivity index (χ4v) is 5.35. The number of amides is 1. The molecule has 3 aromatic rings. The number of carbonyl (C=O) groups excluding carboxylic acids is 1. The molecular weight excluding hydrogens is 410 g/mol. The van der Waals surface area contributed by atoms with E-state index in [9.17, 15) is 13.2 Å². The molecule has 1 aliphatic heterocycles. The van der Waals surface area contributed by atoms with E-state index in [1.165, 1.54) is 24.4 Å². The number of hydrogen-bond acceptors (Lipinski definition) is 4. The minimum atomic E-state index is -4.00. The van der Waals surface area contributed by atoms with Gasteiger partial charge < -0.3 is 10.6 Å². The van der Waals surface area contributed by atoms with Crippen LogP contribution in [-0.4, -0.2) is 37.4 Å². The highest BCUT2D eigenvalue weighted by Gasteiger charge is 2.28. The standard InChI is InChI=1S/C21H20ClN3O3S/c22-18-8-4-5-9-19(18)29(27,28)25-13-11-17(20(25)15-6-2-1-3-7-15)21(26)24-16-10-12-23-14-16/h1-9,11,13,16,23H,10,12,14H2,(H,24,26)/t16-/m1/s1. The third-order valence-electron chi connectivity index (χ3n) is 4.91. The average Bonchev–Trinajstić information content (AvgIpc) is 3.39. The van der Waals surface area contributed by atoms with Crippen molar-refractivity contribution in [1.82, 2.24) is 14.6 Å². The molecule has 0 saturated carbocycles. The van der Waals surface area contributed by atoms with Crippen molar-refractivity contribution in [3.8, 4) is 11.3 Å². The summed E-state index contributed by atoms with van der Waals surface area (Å²) in [4.78, 5) is 13.0. The molecule has 150 valence electrons. The quantitative estimate of drug-likeness (QED) is 0.653. The predicted molar refractivity (Wildman–Crippen MR) is 113 cm³/mol. The molecule has 8 heteroatoms. The van der Waals surface area contributed by atoms with Crippen molar-refractivity contribution in [2.75, 3.05) is 13.1 Å². The maximum Gasteiger partial charge on any atom is 0.269 e. The molecule has 0 aliphatic carbocycles. The number of carbonyl (C=O) groups is 1. The van der Waals surface area contributed by atoms with E-state index in [1.807, 2.05) is 6.07 Å². The van der Waals surface area contributed by atoms with E-state index >= 15 is 0 Å². The van der Waals surface area contributed by atoms with Gasteiger partial charge in [0, 0.05) is 24.3 Å². The fourth-order valence-electron chi connectivity index (χ4n) is 3.48. The lowest BCUT2D eigenvalue weighted by Gasteiger charge is -2.15. The molecule has 29 heavy (non-hydrogen) atoms. The van der Waals surface area contributed by atoms with Gasteiger partial charge in [-0.2, -0.15) is 0 Å². The maximum absolute atomic E-state index is 13.4. The second-order valence-corrected chi connectivity index (χ2v) is 9.03. The van der Waals surface area contributed by atoms with Gasteiger partial charge in [0.1, 0.15) is 4.90 Å². The zero-order chi connectivity index (χ0) is 20.4. The van der Waals surface area contributed by atoms with Crippen LogP contribution in [0.1, 0.15) is 16.8 Å². The van der Waals surface area contributed by atoms with Gasteiger partial charge in [-0.05, 0) is 31.2 Å². The Balaban J connectivity index is 1.84. The van der Waals surface area contributed by atoms with Crippen LogP contribution < -0.4 is 10.6 Å². The molecule has 2 aromatic carbocycles. The van der Waals surface area contributed by atoms with Crippen LogP contribution in [0.3, 0.4) is 0 Å². The molecule has 0 unspecified atom stereocenters. The van der Waals surface area contributed by atoms with Crippen LogP contribution >= 0.6 is 11.6 Å². The lowest BCUT2D eigenvalue weighted by molar-refractivity contribution is 0.0941. The van der Waals surface area contributed by atoms with E-state index in [0.29, 0.717) is 23.4 Å². The van der Waals surface area contributed by atoms with Crippen molar-refractivity contribution in [2.24, 2.45) is 0 Å². The Morgan fingerprint density at radius 3 is 2.48 bits per heavy atom. The lowest BCUT2D eigenvalue weighted by Crippen LogP contribution is -2.36. The Kier molecular flexibility index (Phi) is 5.45. The normalized spacial score (nSPS) is 16.7. The zero-order valence-electron chi connectivity index (χ0n) is 15.5. The van der Waals surface area contributed by atoms with E-state index in [4.69, 9.17) is 11.6 Å². The molecule has 1 aromatic heterocycles. The molecule has 1 amide bonds. The third-order valence-corrected chi connectivity index (χ3v) is 7.09. The van der Waals surface area contributed by atoms with Crippen LogP contribution in [0.2, 0.25) is 5.02 Å². The highest BCUT2D eigenvalue weighted by molar-refractivity contribution is 7.90. The zero-order valence-corrected chi connectivity index (χ0v) is 17.1. The molecule has 6 nitrogen and oxygen atoms in total. The van der Waals surface area contributed by atoms with Gasteiger partial charge in [0.2, 0.25) is 0 Å². The van der Waals surface area contributed by atoms with Gasteiger partial charge in [-0.3, -0.25) is 4.79 Å². The number of hydrogen-bond donors (Lipinski definition) is 2. The second-order valence-electron chi connectivity index (χ2n) is 6.84. The monoisotopic (exact) mass is 429 g/mol. The van der Waals surface area contributed by atoms with Gasteiger partial charge >= 0.3 is 0 Å². The fraction of sp³-hybridized carbons (Fsp3) is 0.190. The van der Waals surface area contributed by atoms with E-state index in [-0.39, 0.29) is 21.9 Å². The van der Waals surface area contributed by atoms with Crippen LogP contribution in [0, 0.1) is 0 Å². The highest BCUT2D eigenvalue weighted by Crippen LogP contribution is 2.31. The maximum atomic E-state index is 13.4. The Bertz CT molecular complexity index is 1140. The number of nitrogens with zero attached hydrogens (tertiary/aromatic N) is 1. The largest absolute Gasteiger partial charge is 0.348 e. The minimum Gasteiger partial charge on any atom is -0.348 e. The minimum absolute atomic E-state index is 0.0126. The van der Waals surface area contributed by atoms with Gasteiger partial charge in [0.25, 0.3) is 15.9 Å². The highest BCUT2D eigenvalue weighted by atomic mass is 35.5. The van der Waals surface area contributed by atoms with Crippen molar-refractivity contribution in [1.29, 1.82) is 0 Å². The Labute approximate surface area is 174 Å². The van der Waals surface area contributed by atoms with Gasteiger partial charge in [-0.25, -0.2) is 12.4 Å². The first-order chi connectivity index (χ1) is 14.0. The number of nitrogens with one attached hydrogen (secondary N) is 2. The van der Waals surface area contributed by atoms with Crippen molar-refractivity contribution in [2.45, 2.75) is 17.4 Å². The molecule has 1 saturated heterocycles. The summed E-state index contributed by atoms with van der Waals surface area (Å²) in [7, 11) is -4.00. The average molecular weight is 430 g/mol. The number of aromatic nitrogens is 1. The molecule has 4 rings (SSSR count). The second kappa shape index (κ2) is 8.02. The molecule has 2 heterocycles. The SMILES string of the molecule is O=C(N[C@@H]1CCNC1)c1ccn(S(=O)(=O)c2ccccc2Cl)c1-c1ccccc1. The first-order valence-electron chi connectivity index (χ1n) is 9.27. The van der Waals surface area contributed by atoms with E-state index in [0.717, 1.165) is 16.9 Å². The van der Waals surface area contributed by atoms with Gasteiger partial charge in [-0.15, -0.1) is 0 Å². The van der Waals surface area contributed by atoms with Crippen LogP contribution in [0.25, 0.3) is 11.3 Å². The van der Waals surface area contributed by atoms with Crippen molar-refractivity contribution in [3.05, 3.63) is 77.4 Å². The number of benzene rings is 2. The first-order valence-corrected chi connectivity index (χ1v) is 11.1. The van der Waals surface area contributed by atoms with Gasteiger partial charge in [-0.1, -0.05) is 54.1 Å². The lowest BCUT2D eigenvalue weighted by atomic mass is 10.1. The van der Waals surface area contributed by atoms with E-state index in [2.05, 4.69) is 10.6 Å². The Morgan fingerprint density at radius 1 is 1.07 bits per heavy atom. The predicted octanol–water partition coefficient (Wildman–Crippen LogP) is 3.14. The number of halogens is 1. The molecule has 1 fully saturated rings. The summed E-state index contributed by atoms with van der Waals surface area (Å²) in [6, 6.07) is 16.8. The Hall–Kier alpha value is -2.61. The van der Waals surface area contributed by atoms with Crippen LogP contribution in [0.5, 0.6) is 0 Å². The molecule has 1 atom stereocenters. The summed E-state index contributed by atoms with van der Waals surface area (Å²) >= 11 is 6.16. The summed E-state index contributed by atoms with van der Waals surface area (Å²) < 4.78 is 27.9. The van der Waals surface area contributed by atoms with Crippen LogP contribution in [0.15, 0.2) is 71.8 Å². The van der Waals surface area contributed by atoms with Crippen molar-refractivity contribution >= 4 is 27.5 Å². The van der Waals surface area contributed by atoms with Crippen molar-refractivity contribution in [3.63, 3.8) is 0 Å². The molecule has 0 radical (unpaired) electrons. The topological polar surface area (TPSA) is 80.2 Å². The van der Waals surface area contributed by atoms with Crippen LogP contribution in [-0.2, 0) is 10.0 Å². The first kappa shape index (κ1) is 19.7. The summed E-state index contributed by atoms with van der Waals surface area (Å²) in [6.07, 6.45) is 2.24. The smallest absolute Gasteiger partial charge is 0.269 e. The third kappa shape index (κ3) is 3.81. The molecule has 2 N–H and O–H groups in total. The van der Waals surface area contributed by atoms with Gasteiger partial charge in [0.15, 0.2) is 0 Å². The van der Waals surface area contributed by atoms with Crippen molar-refractivity contribution < 1.29 is 13.2 Å². The van der Waals surface area contributed by atoms with E-state index < -0.39 is 10.0 Å². The number of rotatable bonds is 5. The Morgan fingerprint density at radius 2 is 1.79 bits per heavy atom. The summed E-state index contributed by atoms with van der Waals surface area (Å²) in [5.41, 5.74) is 1.25. The van der Waals surface area contributed by atoms with E-state index in [1.54, 1.807) is 36.4 Å². The summed E-state index contributed by atoms with van der Waals surface area (Å²) in [5.74, 6) is -0.300. The van der Waals surface area contributed by atoms with Crippen LogP contribution in [0.4, 0.5) is 0 Å². The molecule has 0 spiro atoms. The summed E-state index contributed by atoms with van der Waals surface area (Å²) in [5, 5.41) is 6.32.